The maximum atomic E-state index is 12.1. The van der Waals surface area contributed by atoms with Gasteiger partial charge in [0, 0.05) is 23.6 Å². The number of aryl methyl sites for hydroxylation is 1. The predicted molar refractivity (Wildman–Crippen MR) is 72.2 cm³/mol. The number of aromatic nitrogens is 1. The van der Waals surface area contributed by atoms with Gasteiger partial charge in [0.05, 0.1) is 5.56 Å². The lowest BCUT2D eigenvalue weighted by Gasteiger charge is -2.08. The Morgan fingerprint density at radius 2 is 2.05 bits per heavy atom. The summed E-state index contributed by atoms with van der Waals surface area (Å²) < 4.78 is 1.97. The van der Waals surface area contributed by atoms with Gasteiger partial charge in [-0.1, -0.05) is 18.2 Å². The number of nitrogens with one attached hydrogen (secondary N) is 1. The molecule has 0 radical (unpaired) electrons. The highest BCUT2D eigenvalue weighted by Gasteiger charge is 2.18. The number of aliphatic carboxylic acids is 1. The summed E-state index contributed by atoms with van der Waals surface area (Å²) in [7, 11) is 0. The van der Waals surface area contributed by atoms with Gasteiger partial charge in [0.2, 0.25) is 0 Å². The van der Waals surface area contributed by atoms with E-state index in [-0.39, 0.29) is 5.91 Å². The number of amides is 1. The molecule has 0 saturated carbocycles. The summed E-state index contributed by atoms with van der Waals surface area (Å²) in [5.41, 5.74) is 1.48. The first-order valence-corrected chi connectivity index (χ1v) is 6.16. The molecule has 5 heteroatoms. The molecular formula is C14H16N2O3. The van der Waals surface area contributed by atoms with Crippen molar-refractivity contribution in [3.8, 4) is 0 Å². The van der Waals surface area contributed by atoms with Gasteiger partial charge in [0.1, 0.15) is 6.04 Å². The summed E-state index contributed by atoms with van der Waals surface area (Å²) in [5.74, 6) is -1.41. The number of hydrogen-bond acceptors (Lipinski definition) is 2. The summed E-state index contributed by atoms with van der Waals surface area (Å²) in [6.45, 7) is 4.19. The SMILES string of the molecule is CCn1cc(C(=O)N[C@@H](C)C(=O)O)c2ccccc21. The molecular weight excluding hydrogens is 244 g/mol. The fraction of sp³-hybridized carbons (Fsp3) is 0.286. The fourth-order valence-corrected chi connectivity index (χ4v) is 2.03. The molecule has 1 heterocycles. The Bertz CT molecular complexity index is 631. The molecule has 1 atom stereocenters. The van der Waals surface area contributed by atoms with Crippen molar-refractivity contribution in [2.24, 2.45) is 0 Å². The van der Waals surface area contributed by atoms with Crippen LogP contribution in [0.15, 0.2) is 30.5 Å². The monoisotopic (exact) mass is 260 g/mol. The second-order valence-electron chi connectivity index (χ2n) is 4.38. The zero-order chi connectivity index (χ0) is 14.0. The number of carbonyl (C=O) groups excluding carboxylic acids is 1. The zero-order valence-electron chi connectivity index (χ0n) is 10.9. The Morgan fingerprint density at radius 1 is 1.37 bits per heavy atom. The van der Waals surface area contributed by atoms with E-state index in [0.29, 0.717) is 5.56 Å². The molecule has 2 rings (SSSR count). The maximum Gasteiger partial charge on any atom is 0.325 e. The van der Waals surface area contributed by atoms with Gasteiger partial charge in [-0.3, -0.25) is 9.59 Å². The molecule has 0 aliphatic heterocycles. The fourth-order valence-electron chi connectivity index (χ4n) is 2.03. The van der Waals surface area contributed by atoms with E-state index in [1.165, 1.54) is 6.92 Å². The van der Waals surface area contributed by atoms with Crippen LogP contribution in [0.4, 0.5) is 0 Å². The molecule has 0 saturated heterocycles. The first-order chi connectivity index (χ1) is 9.04. The average Bonchev–Trinajstić information content (AvgIpc) is 2.77. The Kier molecular flexibility index (Phi) is 3.55. The minimum atomic E-state index is -1.05. The number of rotatable bonds is 4. The van der Waals surface area contributed by atoms with Crippen molar-refractivity contribution in [1.82, 2.24) is 9.88 Å². The zero-order valence-corrected chi connectivity index (χ0v) is 10.9. The predicted octanol–water partition coefficient (Wildman–Crippen LogP) is 1.86. The van der Waals surface area contributed by atoms with Gasteiger partial charge >= 0.3 is 5.97 Å². The standard InChI is InChI=1S/C14H16N2O3/c1-3-16-8-11(10-6-4-5-7-12(10)16)13(17)15-9(2)14(18)19/h4-9H,3H2,1-2H3,(H,15,17)(H,18,19)/t9-/m0/s1. The van der Waals surface area contributed by atoms with Crippen molar-refractivity contribution in [2.75, 3.05) is 0 Å². The highest BCUT2D eigenvalue weighted by molar-refractivity contribution is 6.07. The molecule has 2 aromatic rings. The Labute approximate surface area is 110 Å². The lowest BCUT2D eigenvalue weighted by molar-refractivity contribution is -0.138. The minimum Gasteiger partial charge on any atom is -0.480 e. The van der Waals surface area contributed by atoms with Crippen LogP contribution >= 0.6 is 0 Å². The molecule has 0 bridgehead atoms. The topological polar surface area (TPSA) is 71.3 Å². The number of nitrogens with zero attached hydrogens (tertiary/aromatic N) is 1. The second kappa shape index (κ2) is 5.14. The lowest BCUT2D eigenvalue weighted by atomic mass is 10.1. The molecule has 0 fully saturated rings. The van der Waals surface area contributed by atoms with E-state index in [2.05, 4.69) is 5.32 Å². The number of hydrogen-bond donors (Lipinski definition) is 2. The van der Waals surface area contributed by atoms with Crippen LogP contribution < -0.4 is 5.32 Å². The molecule has 2 N–H and O–H groups in total. The molecule has 1 aromatic heterocycles. The van der Waals surface area contributed by atoms with Crippen molar-refractivity contribution in [3.63, 3.8) is 0 Å². The lowest BCUT2D eigenvalue weighted by Crippen LogP contribution is -2.38. The summed E-state index contributed by atoms with van der Waals surface area (Å²) in [6.07, 6.45) is 1.76. The molecule has 1 amide bonds. The van der Waals surface area contributed by atoms with Crippen molar-refractivity contribution in [3.05, 3.63) is 36.0 Å². The van der Waals surface area contributed by atoms with Crippen LogP contribution in [0.25, 0.3) is 10.9 Å². The number of carbonyl (C=O) groups is 2. The maximum absolute atomic E-state index is 12.1. The summed E-state index contributed by atoms with van der Waals surface area (Å²) in [6, 6.07) is 6.67. The molecule has 5 nitrogen and oxygen atoms in total. The highest BCUT2D eigenvalue weighted by atomic mass is 16.4. The van der Waals surface area contributed by atoms with E-state index in [1.807, 2.05) is 35.8 Å². The number of carboxylic acid groups (broad SMARTS) is 1. The Morgan fingerprint density at radius 3 is 2.68 bits per heavy atom. The van der Waals surface area contributed by atoms with Crippen LogP contribution in [0.2, 0.25) is 0 Å². The number of benzene rings is 1. The Balaban J connectivity index is 2.40. The number of carboxylic acids is 1. The Hall–Kier alpha value is -2.30. The molecule has 100 valence electrons. The van der Waals surface area contributed by atoms with Gasteiger partial charge in [-0.15, -0.1) is 0 Å². The van der Waals surface area contributed by atoms with Gasteiger partial charge in [-0.05, 0) is 19.9 Å². The van der Waals surface area contributed by atoms with Crippen LogP contribution in [0, 0.1) is 0 Å². The quantitative estimate of drug-likeness (QED) is 0.881. The normalized spacial score (nSPS) is 12.3. The van der Waals surface area contributed by atoms with Crippen molar-refractivity contribution >= 4 is 22.8 Å². The first kappa shape index (κ1) is 13.1. The molecule has 0 aliphatic carbocycles. The second-order valence-corrected chi connectivity index (χ2v) is 4.38. The number of para-hydroxylation sites is 1. The summed E-state index contributed by atoms with van der Waals surface area (Å²) in [4.78, 5) is 22.9. The smallest absolute Gasteiger partial charge is 0.325 e. The average molecular weight is 260 g/mol. The first-order valence-electron chi connectivity index (χ1n) is 6.16. The van der Waals surface area contributed by atoms with Gasteiger partial charge in [-0.25, -0.2) is 0 Å². The third kappa shape index (κ3) is 2.45. The third-order valence-electron chi connectivity index (χ3n) is 3.09. The molecule has 0 unspecified atom stereocenters. The summed E-state index contributed by atoms with van der Waals surface area (Å²) >= 11 is 0. The van der Waals surface area contributed by atoms with Crippen molar-refractivity contribution in [1.29, 1.82) is 0 Å². The van der Waals surface area contributed by atoms with E-state index in [1.54, 1.807) is 6.20 Å². The molecule has 0 aliphatic rings. The van der Waals surface area contributed by atoms with E-state index in [9.17, 15) is 9.59 Å². The highest BCUT2D eigenvalue weighted by Crippen LogP contribution is 2.21. The van der Waals surface area contributed by atoms with Crippen LogP contribution in [0.5, 0.6) is 0 Å². The van der Waals surface area contributed by atoms with Crippen molar-refractivity contribution in [2.45, 2.75) is 26.4 Å². The van der Waals surface area contributed by atoms with Gasteiger partial charge < -0.3 is 15.0 Å². The number of fused-ring (bicyclic) bond motifs is 1. The van der Waals surface area contributed by atoms with E-state index in [0.717, 1.165) is 17.4 Å². The van der Waals surface area contributed by atoms with E-state index < -0.39 is 12.0 Å². The van der Waals surface area contributed by atoms with Crippen LogP contribution in [0.3, 0.4) is 0 Å². The van der Waals surface area contributed by atoms with Gasteiger partial charge in [0.15, 0.2) is 0 Å². The molecule has 19 heavy (non-hydrogen) atoms. The van der Waals surface area contributed by atoms with E-state index >= 15 is 0 Å². The van der Waals surface area contributed by atoms with Crippen LogP contribution in [0.1, 0.15) is 24.2 Å². The third-order valence-corrected chi connectivity index (χ3v) is 3.09. The largest absolute Gasteiger partial charge is 0.480 e. The van der Waals surface area contributed by atoms with Gasteiger partial charge in [-0.2, -0.15) is 0 Å². The molecule has 1 aromatic carbocycles. The van der Waals surface area contributed by atoms with Crippen LogP contribution in [-0.2, 0) is 11.3 Å². The molecule has 0 spiro atoms. The van der Waals surface area contributed by atoms with E-state index in [4.69, 9.17) is 5.11 Å². The minimum absolute atomic E-state index is 0.363. The van der Waals surface area contributed by atoms with Crippen molar-refractivity contribution < 1.29 is 14.7 Å². The van der Waals surface area contributed by atoms with Crippen LogP contribution in [-0.4, -0.2) is 27.6 Å². The summed E-state index contributed by atoms with van der Waals surface area (Å²) in [5, 5.41) is 12.1. The van der Waals surface area contributed by atoms with Gasteiger partial charge in [0.25, 0.3) is 5.91 Å².